The zero-order valence-corrected chi connectivity index (χ0v) is 10.3. The molecule has 0 bridgehead atoms. The molecule has 4 nitrogen and oxygen atoms in total. The van der Waals surface area contributed by atoms with Gasteiger partial charge in [0.2, 0.25) is 0 Å². The molecule has 0 amide bonds. The molecule has 16 heavy (non-hydrogen) atoms. The fraction of sp³-hybridized carbons (Fsp3) is 0.750. The lowest BCUT2D eigenvalue weighted by molar-refractivity contribution is 0.219. The number of rotatable bonds is 4. The van der Waals surface area contributed by atoms with E-state index in [0.717, 1.165) is 24.5 Å². The van der Waals surface area contributed by atoms with Crippen LogP contribution in [0.4, 0.5) is 0 Å². The SMILES string of the molecule is CNCc1noc(C)c1CN1CCCCC1. The molecule has 1 saturated heterocycles. The first-order valence-electron chi connectivity index (χ1n) is 6.12. The van der Waals surface area contributed by atoms with Crippen molar-refractivity contribution < 1.29 is 4.52 Å². The Kier molecular flexibility index (Phi) is 3.96. The molecule has 0 radical (unpaired) electrons. The summed E-state index contributed by atoms with van der Waals surface area (Å²) in [5, 5.41) is 7.24. The van der Waals surface area contributed by atoms with Crippen LogP contribution in [0.2, 0.25) is 0 Å². The molecule has 1 fully saturated rings. The molecule has 0 spiro atoms. The third-order valence-electron chi connectivity index (χ3n) is 3.24. The van der Waals surface area contributed by atoms with E-state index in [1.54, 1.807) is 0 Å². The van der Waals surface area contributed by atoms with E-state index in [1.165, 1.54) is 37.9 Å². The van der Waals surface area contributed by atoms with Gasteiger partial charge in [0.05, 0.1) is 0 Å². The summed E-state index contributed by atoms with van der Waals surface area (Å²) in [5.74, 6) is 0.968. The molecule has 2 rings (SSSR count). The van der Waals surface area contributed by atoms with Crippen LogP contribution in [0.5, 0.6) is 0 Å². The van der Waals surface area contributed by atoms with Crippen LogP contribution in [-0.2, 0) is 13.1 Å². The van der Waals surface area contributed by atoms with E-state index in [4.69, 9.17) is 4.52 Å². The Morgan fingerprint density at radius 3 is 2.75 bits per heavy atom. The summed E-state index contributed by atoms with van der Waals surface area (Å²) in [6, 6.07) is 0. The van der Waals surface area contributed by atoms with Crippen molar-refractivity contribution in [2.75, 3.05) is 20.1 Å². The Bertz CT molecular complexity index is 329. The van der Waals surface area contributed by atoms with Crippen LogP contribution in [0, 0.1) is 6.92 Å². The average molecular weight is 223 g/mol. The van der Waals surface area contributed by atoms with Gasteiger partial charge in [-0.25, -0.2) is 0 Å². The van der Waals surface area contributed by atoms with E-state index in [1.807, 2.05) is 14.0 Å². The lowest BCUT2D eigenvalue weighted by Crippen LogP contribution is -2.29. The van der Waals surface area contributed by atoms with Crippen LogP contribution in [0.3, 0.4) is 0 Å². The van der Waals surface area contributed by atoms with Gasteiger partial charge in [-0.05, 0) is 39.9 Å². The van der Waals surface area contributed by atoms with Gasteiger partial charge in [-0.1, -0.05) is 11.6 Å². The van der Waals surface area contributed by atoms with Gasteiger partial charge in [-0.15, -0.1) is 0 Å². The summed E-state index contributed by atoms with van der Waals surface area (Å²) in [6.45, 7) is 6.21. The standard InChI is InChI=1S/C12H21N3O/c1-10-11(12(8-13-2)14-16-10)9-15-6-4-3-5-7-15/h13H,3-9H2,1-2H3. The molecular formula is C12H21N3O. The molecule has 1 aliphatic rings. The average Bonchev–Trinajstić information content (AvgIpc) is 2.64. The Balaban J connectivity index is 2.03. The summed E-state index contributed by atoms with van der Waals surface area (Å²) in [7, 11) is 1.94. The monoisotopic (exact) mass is 223 g/mol. The number of nitrogens with zero attached hydrogens (tertiary/aromatic N) is 2. The van der Waals surface area contributed by atoms with Crippen LogP contribution < -0.4 is 5.32 Å². The van der Waals surface area contributed by atoms with Crippen molar-refractivity contribution in [1.82, 2.24) is 15.4 Å². The maximum absolute atomic E-state index is 5.27. The molecule has 90 valence electrons. The third-order valence-corrected chi connectivity index (χ3v) is 3.24. The molecule has 2 heterocycles. The quantitative estimate of drug-likeness (QED) is 0.843. The highest BCUT2D eigenvalue weighted by Crippen LogP contribution is 2.18. The minimum atomic E-state index is 0.792. The number of aryl methyl sites for hydroxylation is 1. The van der Waals surface area contributed by atoms with Gasteiger partial charge >= 0.3 is 0 Å². The van der Waals surface area contributed by atoms with Gasteiger partial charge in [0.15, 0.2) is 0 Å². The predicted molar refractivity (Wildman–Crippen MR) is 63.1 cm³/mol. The normalized spacial score (nSPS) is 17.9. The fourth-order valence-electron chi connectivity index (χ4n) is 2.29. The topological polar surface area (TPSA) is 41.3 Å². The van der Waals surface area contributed by atoms with Crippen LogP contribution >= 0.6 is 0 Å². The minimum absolute atomic E-state index is 0.792. The molecule has 1 aromatic heterocycles. The molecule has 0 aromatic carbocycles. The summed E-state index contributed by atoms with van der Waals surface area (Å²) in [6.07, 6.45) is 4.03. The van der Waals surface area contributed by atoms with Crippen LogP contribution in [0.15, 0.2) is 4.52 Å². The van der Waals surface area contributed by atoms with Gasteiger partial charge in [-0.2, -0.15) is 0 Å². The molecule has 1 N–H and O–H groups in total. The smallest absolute Gasteiger partial charge is 0.138 e. The van der Waals surface area contributed by atoms with E-state index in [9.17, 15) is 0 Å². The van der Waals surface area contributed by atoms with E-state index in [0.29, 0.717) is 0 Å². The Hall–Kier alpha value is -0.870. The van der Waals surface area contributed by atoms with Crippen molar-refractivity contribution in [3.8, 4) is 0 Å². The zero-order valence-electron chi connectivity index (χ0n) is 10.3. The second-order valence-corrected chi connectivity index (χ2v) is 4.53. The molecule has 0 atom stereocenters. The summed E-state index contributed by atoms with van der Waals surface area (Å²) in [5.41, 5.74) is 2.34. The van der Waals surface area contributed by atoms with E-state index < -0.39 is 0 Å². The van der Waals surface area contributed by atoms with Gasteiger partial charge in [-0.3, -0.25) is 4.90 Å². The Morgan fingerprint density at radius 2 is 2.06 bits per heavy atom. The summed E-state index contributed by atoms with van der Waals surface area (Å²) in [4.78, 5) is 2.50. The van der Waals surface area contributed by atoms with Crippen molar-refractivity contribution in [1.29, 1.82) is 0 Å². The number of hydrogen-bond donors (Lipinski definition) is 1. The summed E-state index contributed by atoms with van der Waals surface area (Å²) < 4.78 is 5.27. The van der Waals surface area contributed by atoms with Crippen molar-refractivity contribution >= 4 is 0 Å². The number of nitrogens with one attached hydrogen (secondary N) is 1. The lowest BCUT2D eigenvalue weighted by atomic mass is 10.1. The molecule has 1 aliphatic heterocycles. The lowest BCUT2D eigenvalue weighted by Gasteiger charge is -2.26. The number of aromatic nitrogens is 1. The van der Waals surface area contributed by atoms with Crippen LogP contribution in [0.25, 0.3) is 0 Å². The first-order chi connectivity index (χ1) is 7.81. The van der Waals surface area contributed by atoms with E-state index >= 15 is 0 Å². The Morgan fingerprint density at radius 1 is 1.31 bits per heavy atom. The highest BCUT2D eigenvalue weighted by atomic mass is 16.5. The number of piperidine rings is 1. The first kappa shape index (κ1) is 11.6. The molecule has 0 aliphatic carbocycles. The molecule has 4 heteroatoms. The van der Waals surface area contributed by atoms with Gasteiger partial charge < -0.3 is 9.84 Å². The third kappa shape index (κ3) is 2.62. The van der Waals surface area contributed by atoms with E-state index in [-0.39, 0.29) is 0 Å². The maximum atomic E-state index is 5.27. The van der Waals surface area contributed by atoms with Crippen molar-refractivity contribution in [3.05, 3.63) is 17.0 Å². The first-order valence-corrected chi connectivity index (χ1v) is 6.12. The van der Waals surface area contributed by atoms with Crippen molar-refractivity contribution in [2.45, 2.75) is 39.3 Å². The highest BCUT2D eigenvalue weighted by Gasteiger charge is 2.17. The predicted octanol–water partition coefficient (Wildman–Crippen LogP) is 1.69. The van der Waals surface area contributed by atoms with Crippen molar-refractivity contribution in [3.63, 3.8) is 0 Å². The second kappa shape index (κ2) is 5.46. The number of hydrogen-bond acceptors (Lipinski definition) is 4. The van der Waals surface area contributed by atoms with Gasteiger partial charge in [0, 0.05) is 18.7 Å². The van der Waals surface area contributed by atoms with Gasteiger partial charge in [0.25, 0.3) is 0 Å². The van der Waals surface area contributed by atoms with Crippen LogP contribution in [0.1, 0.15) is 36.3 Å². The minimum Gasteiger partial charge on any atom is -0.361 e. The molecule has 0 unspecified atom stereocenters. The maximum Gasteiger partial charge on any atom is 0.138 e. The fourth-order valence-corrected chi connectivity index (χ4v) is 2.29. The second-order valence-electron chi connectivity index (χ2n) is 4.53. The molecular weight excluding hydrogens is 202 g/mol. The van der Waals surface area contributed by atoms with Gasteiger partial charge in [0.1, 0.15) is 11.5 Å². The largest absolute Gasteiger partial charge is 0.361 e. The molecule has 1 aromatic rings. The van der Waals surface area contributed by atoms with Crippen LogP contribution in [-0.4, -0.2) is 30.2 Å². The van der Waals surface area contributed by atoms with E-state index in [2.05, 4.69) is 15.4 Å². The number of likely N-dealkylation sites (tertiary alicyclic amines) is 1. The molecule has 0 saturated carbocycles. The summed E-state index contributed by atoms with van der Waals surface area (Å²) >= 11 is 0. The highest BCUT2D eigenvalue weighted by molar-refractivity contribution is 5.22. The van der Waals surface area contributed by atoms with Crippen molar-refractivity contribution in [2.24, 2.45) is 0 Å². The zero-order chi connectivity index (χ0) is 11.4. The Labute approximate surface area is 97.0 Å².